The van der Waals surface area contributed by atoms with Gasteiger partial charge in [0.05, 0.1) is 0 Å². The van der Waals surface area contributed by atoms with E-state index in [2.05, 4.69) is 107 Å². The maximum Gasteiger partial charge on any atom is -0.0152 e. The SMILES string of the molecule is C/C=C(\c1ccccc1C)C(CC)CCc1cccc2ccccc12.C=C.CC. The summed E-state index contributed by atoms with van der Waals surface area (Å²) in [4.78, 5) is 0. The Morgan fingerprint density at radius 1 is 0.897 bits per heavy atom. The number of benzene rings is 3. The molecule has 3 rings (SSSR count). The number of fused-ring (bicyclic) bond motifs is 1. The van der Waals surface area contributed by atoms with Gasteiger partial charge in [-0.15, -0.1) is 13.2 Å². The van der Waals surface area contributed by atoms with Gasteiger partial charge >= 0.3 is 0 Å². The van der Waals surface area contributed by atoms with Gasteiger partial charge in [-0.2, -0.15) is 0 Å². The van der Waals surface area contributed by atoms with Gasteiger partial charge in [-0.05, 0) is 72.1 Å². The first-order chi connectivity index (χ1) is 14.2. The van der Waals surface area contributed by atoms with E-state index in [0.29, 0.717) is 5.92 Å². The van der Waals surface area contributed by atoms with Crippen LogP contribution in [0.15, 0.2) is 86.0 Å². The van der Waals surface area contributed by atoms with Crippen LogP contribution < -0.4 is 0 Å². The molecule has 29 heavy (non-hydrogen) atoms. The standard InChI is InChI=1S/C25H28.C2H6.C2H4/c1-4-20(23(5-2)24-15-8-6-11-19(24)3)17-18-22-14-10-13-21-12-7-9-16-25(21)22;2*1-2/h5-16,20H,4,17-18H2,1-3H3;1-2H3;1-2H2/b23-5-;;. The van der Waals surface area contributed by atoms with Crippen LogP contribution in [-0.4, -0.2) is 0 Å². The third-order valence-corrected chi connectivity index (χ3v) is 5.34. The van der Waals surface area contributed by atoms with E-state index in [1.807, 2.05) is 13.8 Å². The molecule has 3 aromatic rings. The third kappa shape index (κ3) is 6.46. The van der Waals surface area contributed by atoms with E-state index in [-0.39, 0.29) is 0 Å². The zero-order valence-electron chi connectivity index (χ0n) is 19.0. The highest BCUT2D eigenvalue weighted by atomic mass is 14.2. The highest BCUT2D eigenvalue weighted by Gasteiger charge is 2.15. The van der Waals surface area contributed by atoms with Crippen molar-refractivity contribution in [2.75, 3.05) is 0 Å². The molecule has 0 aliphatic carbocycles. The molecule has 0 radical (unpaired) electrons. The molecule has 0 fully saturated rings. The molecule has 0 heterocycles. The lowest BCUT2D eigenvalue weighted by atomic mass is 9.84. The van der Waals surface area contributed by atoms with E-state index in [0.717, 1.165) is 6.42 Å². The molecule has 0 bridgehead atoms. The minimum Gasteiger partial charge on any atom is -0.106 e. The second-order valence-corrected chi connectivity index (χ2v) is 6.84. The molecule has 0 saturated heterocycles. The largest absolute Gasteiger partial charge is 0.106 e. The molecule has 1 atom stereocenters. The van der Waals surface area contributed by atoms with E-state index in [9.17, 15) is 0 Å². The highest BCUT2D eigenvalue weighted by Crippen LogP contribution is 2.32. The van der Waals surface area contributed by atoms with Gasteiger partial charge in [-0.1, -0.05) is 93.6 Å². The van der Waals surface area contributed by atoms with Crippen LogP contribution >= 0.6 is 0 Å². The van der Waals surface area contributed by atoms with Gasteiger partial charge in [0, 0.05) is 0 Å². The summed E-state index contributed by atoms with van der Waals surface area (Å²) in [6.45, 7) is 16.7. The molecular formula is C29H38. The summed E-state index contributed by atoms with van der Waals surface area (Å²) < 4.78 is 0. The summed E-state index contributed by atoms with van der Waals surface area (Å²) in [7, 11) is 0. The van der Waals surface area contributed by atoms with Crippen LogP contribution in [0.2, 0.25) is 0 Å². The van der Waals surface area contributed by atoms with Gasteiger partial charge in [-0.3, -0.25) is 0 Å². The fraction of sp³-hybridized carbons (Fsp3) is 0.310. The van der Waals surface area contributed by atoms with E-state index in [1.54, 1.807) is 0 Å². The zero-order chi connectivity index (χ0) is 21.6. The molecule has 0 heteroatoms. The first kappa shape index (κ1) is 24.4. The summed E-state index contributed by atoms with van der Waals surface area (Å²) >= 11 is 0. The molecule has 0 spiro atoms. The van der Waals surface area contributed by atoms with Crippen molar-refractivity contribution in [2.24, 2.45) is 5.92 Å². The molecule has 0 N–H and O–H groups in total. The molecule has 0 saturated carbocycles. The Balaban J connectivity index is 0.000000989. The Labute approximate surface area is 179 Å². The van der Waals surface area contributed by atoms with Gasteiger partial charge < -0.3 is 0 Å². The van der Waals surface area contributed by atoms with E-state index >= 15 is 0 Å². The van der Waals surface area contributed by atoms with E-state index in [4.69, 9.17) is 0 Å². The molecule has 1 unspecified atom stereocenters. The number of hydrogen-bond donors (Lipinski definition) is 0. The molecule has 0 aliphatic heterocycles. The van der Waals surface area contributed by atoms with Crippen molar-refractivity contribution >= 4 is 16.3 Å². The van der Waals surface area contributed by atoms with E-state index in [1.165, 1.54) is 45.9 Å². The number of aryl methyl sites for hydroxylation is 2. The number of hydrogen-bond acceptors (Lipinski definition) is 0. The van der Waals surface area contributed by atoms with Crippen molar-refractivity contribution in [3.05, 3.63) is 103 Å². The molecule has 0 aliphatic rings. The van der Waals surface area contributed by atoms with Crippen molar-refractivity contribution in [1.29, 1.82) is 0 Å². The first-order valence-corrected chi connectivity index (χ1v) is 10.9. The van der Waals surface area contributed by atoms with Crippen molar-refractivity contribution in [2.45, 2.75) is 53.9 Å². The molecule has 0 nitrogen and oxygen atoms in total. The summed E-state index contributed by atoms with van der Waals surface area (Å²) in [5, 5.41) is 2.75. The summed E-state index contributed by atoms with van der Waals surface area (Å²) in [5.41, 5.74) is 5.76. The summed E-state index contributed by atoms with van der Waals surface area (Å²) in [6.07, 6.45) is 5.82. The lowest BCUT2D eigenvalue weighted by molar-refractivity contribution is 0.589. The monoisotopic (exact) mass is 386 g/mol. The molecular weight excluding hydrogens is 348 g/mol. The lowest BCUT2D eigenvalue weighted by Crippen LogP contribution is -2.06. The molecule has 0 aromatic heterocycles. The Hall–Kier alpha value is -2.60. The van der Waals surface area contributed by atoms with Crippen molar-refractivity contribution in [1.82, 2.24) is 0 Å². The average Bonchev–Trinajstić information content (AvgIpc) is 2.80. The van der Waals surface area contributed by atoms with Crippen LogP contribution in [0.5, 0.6) is 0 Å². The second-order valence-electron chi connectivity index (χ2n) is 6.84. The van der Waals surface area contributed by atoms with Crippen LogP contribution in [0.3, 0.4) is 0 Å². The highest BCUT2D eigenvalue weighted by molar-refractivity contribution is 5.85. The van der Waals surface area contributed by atoms with Gasteiger partial charge in [0.15, 0.2) is 0 Å². The first-order valence-electron chi connectivity index (χ1n) is 10.9. The maximum atomic E-state index is 3.00. The zero-order valence-corrected chi connectivity index (χ0v) is 19.0. The van der Waals surface area contributed by atoms with Gasteiger partial charge in [0.1, 0.15) is 0 Å². The Bertz CT molecular complexity index is 880. The van der Waals surface area contributed by atoms with E-state index < -0.39 is 0 Å². The Morgan fingerprint density at radius 2 is 1.52 bits per heavy atom. The summed E-state index contributed by atoms with van der Waals surface area (Å²) in [6, 6.07) is 24.2. The van der Waals surface area contributed by atoms with Gasteiger partial charge in [-0.25, -0.2) is 0 Å². The fourth-order valence-corrected chi connectivity index (χ4v) is 3.93. The quantitative estimate of drug-likeness (QED) is 0.371. The van der Waals surface area contributed by atoms with Crippen molar-refractivity contribution < 1.29 is 0 Å². The Kier molecular flexibility index (Phi) is 11.4. The average molecular weight is 387 g/mol. The predicted molar refractivity (Wildman–Crippen MR) is 133 cm³/mol. The maximum absolute atomic E-state index is 3.00. The minimum absolute atomic E-state index is 0.602. The fourth-order valence-electron chi connectivity index (χ4n) is 3.93. The second kappa shape index (κ2) is 13.6. The molecule has 3 aromatic carbocycles. The number of rotatable bonds is 6. The van der Waals surface area contributed by atoms with Gasteiger partial charge in [0.2, 0.25) is 0 Å². The van der Waals surface area contributed by atoms with Gasteiger partial charge in [0.25, 0.3) is 0 Å². The topological polar surface area (TPSA) is 0 Å². The number of allylic oxidation sites excluding steroid dienone is 2. The normalized spacial score (nSPS) is 11.7. The van der Waals surface area contributed by atoms with Crippen molar-refractivity contribution in [3.63, 3.8) is 0 Å². The molecule has 154 valence electrons. The lowest BCUT2D eigenvalue weighted by Gasteiger charge is -2.21. The smallest absolute Gasteiger partial charge is 0.0152 e. The van der Waals surface area contributed by atoms with Crippen LogP contribution in [0.4, 0.5) is 0 Å². The Morgan fingerprint density at radius 3 is 2.17 bits per heavy atom. The molecule has 0 amide bonds. The minimum atomic E-state index is 0.602. The van der Waals surface area contributed by atoms with Crippen molar-refractivity contribution in [3.8, 4) is 0 Å². The van der Waals surface area contributed by atoms with Crippen LogP contribution in [0, 0.1) is 12.8 Å². The van der Waals surface area contributed by atoms with Crippen LogP contribution in [-0.2, 0) is 6.42 Å². The summed E-state index contributed by atoms with van der Waals surface area (Å²) in [5.74, 6) is 0.602. The van der Waals surface area contributed by atoms with Crippen LogP contribution in [0.25, 0.3) is 16.3 Å². The third-order valence-electron chi connectivity index (χ3n) is 5.34. The van der Waals surface area contributed by atoms with Crippen LogP contribution in [0.1, 0.15) is 57.2 Å². The predicted octanol–water partition coefficient (Wildman–Crippen LogP) is 9.04.